The van der Waals surface area contributed by atoms with Gasteiger partial charge >= 0.3 is 6.61 Å². The molecule has 46 heavy (non-hydrogen) atoms. The summed E-state index contributed by atoms with van der Waals surface area (Å²) in [6, 6.07) is 9.25. The molecule has 6 rings (SSSR count). The lowest BCUT2D eigenvalue weighted by Gasteiger charge is -2.41. The van der Waals surface area contributed by atoms with Crippen LogP contribution in [0.3, 0.4) is 0 Å². The van der Waals surface area contributed by atoms with Crippen LogP contribution in [0.2, 0.25) is 0 Å². The minimum absolute atomic E-state index is 0.109. The Labute approximate surface area is 268 Å². The van der Waals surface area contributed by atoms with Crippen molar-refractivity contribution in [3.05, 3.63) is 54.6 Å². The highest BCUT2D eigenvalue weighted by molar-refractivity contribution is 7.98. The van der Waals surface area contributed by atoms with Gasteiger partial charge in [-0.3, -0.25) is 19.2 Å². The molecule has 0 unspecified atom stereocenters. The summed E-state index contributed by atoms with van der Waals surface area (Å²) < 4.78 is 34.5. The van der Waals surface area contributed by atoms with E-state index in [4.69, 9.17) is 4.74 Å². The molecule has 0 spiro atoms. The Balaban J connectivity index is 1.23. The van der Waals surface area contributed by atoms with E-state index in [0.29, 0.717) is 24.8 Å². The topological polar surface area (TPSA) is 134 Å². The molecule has 2 fully saturated rings. The van der Waals surface area contributed by atoms with Crippen LogP contribution in [-0.4, -0.2) is 91.1 Å². The number of thioether (sulfide) groups is 1. The van der Waals surface area contributed by atoms with Crippen LogP contribution in [0.4, 0.5) is 14.5 Å². The fourth-order valence-corrected chi connectivity index (χ4v) is 6.57. The number of halogens is 2. The number of nitrogens with one attached hydrogen (secondary N) is 1. The Bertz CT molecular complexity index is 1760. The number of aromatic nitrogens is 5. The van der Waals surface area contributed by atoms with Crippen LogP contribution in [0, 0.1) is 17.2 Å². The first-order valence-corrected chi connectivity index (χ1v) is 16.3. The summed E-state index contributed by atoms with van der Waals surface area (Å²) >= 11 is 1.41. The molecule has 1 saturated heterocycles. The SMILES string of the molecule is CSc1ccc(OC(F)F)c(-c2nn(CC(=O)N3CCN([C@H]4CC[C@H](C#N)CC4)CC3)cc2NC(=O)c2cnn3cccnc23)c1. The van der Waals surface area contributed by atoms with Crippen molar-refractivity contribution < 1.29 is 23.1 Å². The quantitative estimate of drug-likeness (QED) is 0.262. The van der Waals surface area contributed by atoms with Crippen LogP contribution in [0.25, 0.3) is 16.9 Å². The van der Waals surface area contributed by atoms with Crippen molar-refractivity contribution >= 4 is 34.9 Å². The average molecular weight is 650 g/mol. The number of piperazine rings is 1. The number of amides is 2. The molecule has 3 aromatic heterocycles. The molecular weight excluding hydrogens is 616 g/mol. The smallest absolute Gasteiger partial charge is 0.387 e. The lowest BCUT2D eigenvalue weighted by molar-refractivity contribution is -0.134. The van der Waals surface area contributed by atoms with Gasteiger partial charge < -0.3 is 15.0 Å². The van der Waals surface area contributed by atoms with Crippen LogP contribution < -0.4 is 10.1 Å². The van der Waals surface area contributed by atoms with Gasteiger partial charge in [-0.25, -0.2) is 9.50 Å². The molecule has 0 radical (unpaired) electrons. The second-order valence-corrected chi connectivity index (χ2v) is 12.2. The summed E-state index contributed by atoms with van der Waals surface area (Å²) in [4.78, 5) is 36.1. The minimum atomic E-state index is -3.08. The third-order valence-corrected chi connectivity index (χ3v) is 9.28. The number of ether oxygens (including phenoxy) is 1. The van der Waals surface area contributed by atoms with E-state index < -0.39 is 12.5 Å². The molecule has 2 amide bonds. The van der Waals surface area contributed by atoms with E-state index in [0.717, 1.165) is 43.7 Å². The normalized spacial score (nSPS) is 18.9. The number of nitrogens with zero attached hydrogens (tertiary/aromatic N) is 8. The van der Waals surface area contributed by atoms with Gasteiger partial charge in [0.1, 0.15) is 23.6 Å². The predicted molar refractivity (Wildman–Crippen MR) is 167 cm³/mol. The van der Waals surface area contributed by atoms with Crippen LogP contribution in [0.1, 0.15) is 36.0 Å². The Morgan fingerprint density at radius 2 is 1.96 bits per heavy atom. The minimum Gasteiger partial charge on any atom is -0.434 e. The number of alkyl halides is 2. The summed E-state index contributed by atoms with van der Waals surface area (Å²) in [5.41, 5.74) is 1.17. The van der Waals surface area contributed by atoms with Crippen molar-refractivity contribution in [2.75, 3.05) is 37.8 Å². The van der Waals surface area contributed by atoms with Crippen molar-refractivity contribution in [1.82, 2.24) is 34.2 Å². The first-order chi connectivity index (χ1) is 22.3. The highest BCUT2D eigenvalue weighted by atomic mass is 32.2. The molecule has 1 aromatic carbocycles. The van der Waals surface area contributed by atoms with Crippen molar-refractivity contribution in [3.8, 4) is 23.1 Å². The van der Waals surface area contributed by atoms with Crippen LogP contribution >= 0.6 is 11.8 Å². The van der Waals surface area contributed by atoms with Gasteiger partial charge in [0.2, 0.25) is 5.91 Å². The molecular formula is C31H33F2N9O3S. The maximum atomic E-state index is 13.4. The first-order valence-electron chi connectivity index (χ1n) is 15.0. The molecule has 2 aliphatic rings. The predicted octanol–water partition coefficient (Wildman–Crippen LogP) is 4.39. The molecule has 4 heterocycles. The molecule has 1 saturated carbocycles. The maximum Gasteiger partial charge on any atom is 0.387 e. The largest absolute Gasteiger partial charge is 0.434 e. The zero-order valence-electron chi connectivity index (χ0n) is 25.2. The molecule has 12 nitrogen and oxygen atoms in total. The van der Waals surface area contributed by atoms with Gasteiger partial charge in [0.25, 0.3) is 5.91 Å². The van der Waals surface area contributed by atoms with Crippen LogP contribution in [0.5, 0.6) is 5.75 Å². The first kappa shape index (κ1) is 31.4. The van der Waals surface area contributed by atoms with E-state index in [2.05, 4.69) is 31.5 Å². The molecule has 1 aliphatic heterocycles. The number of nitriles is 1. The molecule has 15 heteroatoms. The van der Waals surface area contributed by atoms with Gasteiger partial charge in [0, 0.05) is 67.2 Å². The number of anilines is 1. The van der Waals surface area contributed by atoms with Crippen molar-refractivity contribution in [2.24, 2.45) is 5.92 Å². The lowest BCUT2D eigenvalue weighted by Crippen LogP contribution is -2.53. The van der Waals surface area contributed by atoms with Gasteiger partial charge in [-0.2, -0.15) is 24.2 Å². The summed E-state index contributed by atoms with van der Waals surface area (Å²) in [5.74, 6) is -0.644. The standard InChI is InChI=1S/C31H33F2N9O3S/c1-46-22-7-8-26(45-31(32)33)23(15-22)28-25(37-30(44)24-17-36-42-10-2-9-35-29(24)42)18-41(38-28)19-27(43)40-13-11-39(12-14-40)21-5-3-20(16-34)4-6-21/h2,7-10,15,17-18,20-21,31H,3-6,11-14,19H2,1H3,(H,37,44)/t20-,21-. The lowest BCUT2D eigenvalue weighted by atomic mass is 9.86. The zero-order chi connectivity index (χ0) is 32.2. The zero-order valence-corrected chi connectivity index (χ0v) is 26.0. The molecule has 240 valence electrons. The van der Waals surface area contributed by atoms with E-state index >= 15 is 0 Å². The number of carbonyl (C=O) groups excluding carboxylic acids is 2. The second-order valence-electron chi connectivity index (χ2n) is 11.3. The third-order valence-electron chi connectivity index (χ3n) is 8.55. The van der Waals surface area contributed by atoms with Gasteiger partial charge in [-0.05, 0) is 56.2 Å². The third kappa shape index (κ3) is 6.82. The fourth-order valence-electron chi connectivity index (χ4n) is 6.13. The van der Waals surface area contributed by atoms with E-state index in [-0.39, 0.29) is 46.6 Å². The van der Waals surface area contributed by atoms with Crippen molar-refractivity contribution in [1.29, 1.82) is 5.26 Å². The monoisotopic (exact) mass is 649 g/mol. The molecule has 1 N–H and O–H groups in total. The van der Waals surface area contributed by atoms with E-state index in [1.165, 1.54) is 39.4 Å². The van der Waals surface area contributed by atoms with Gasteiger partial charge in [-0.1, -0.05) is 0 Å². The van der Waals surface area contributed by atoms with E-state index in [1.54, 1.807) is 35.5 Å². The number of hydrogen-bond acceptors (Lipinski definition) is 9. The summed E-state index contributed by atoms with van der Waals surface area (Å²) in [6.07, 6.45) is 11.8. The van der Waals surface area contributed by atoms with E-state index in [9.17, 15) is 23.6 Å². The van der Waals surface area contributed by atoms with Gasteiger partial charge in [-0.15, -0.1) is 11.8 Å². The number of hydrogen-bond donors (Lipinski definition) is 1. The van der Waals surface area contributed by atoms with Crippen molar-refractivity contribution in [3.63, 3.8) is 0 Å². The molecule has 4 aromatic rings. The Morgan fingerprint density at radius 3 is 2.67 bits per heavy atom. The number of fused-ring (bicyclic) bond motifs is 1. The fraction of sp³-hybridized carbons (Fsp3) is 0.419. The summed E-state index contributed by atoms with van der Waals surface area (Å²) in [5, 5.41) is 20.8. The second kappa shape index (κ2) is 13.8. The number of carbonyl (C=O) groups is 2. The van der Waals surface area contributed by atoms with Crippen molar-refractivity contribution in [2.45, 2.75) is 49.8 Å². The average Bonchev–Trinajstić information content (AvgIpc) is 3.69. The molecule has 1 aliphatic carbocycles. The van der Waals surface area contributed by atoms with Crippen LogP contribution in [0.15, 0.2) is 53.9 Å². The maximum absolute atomic E-state index is 13.4. The van der Waals surface area contributed by atoms with E-state index in [1.807, 2.05) is 6.26 Å². The highest BCUT2D eigenvalue weighted by Gasteiger charge is 2.30. The summed E-state index contributed by atoms with van der Waals surface area (Å²) in [6.45, 7) is -0.546. The number of benzene rings is 1. The highest BCUT2D eigenvalue weighted by Crippen LogP contribution is 2.38. The Kier molecular flexibility index (Phi) is 9.46. The Hall–Kier alpha value is -4.55. The van der Waals surface area contributed by atoms with Gasteiger partial charge in [0.05, 0.1) is 18.0 Å². The number of rotatable bonds is 9. The summed E-state index contributed by atoms with van der Waals surface area (Å²) in [7, 11) is 0. The van der Waals surface area contributed by atoms with Crippen LogP contribution in [-0.2, 0) is 11.3 Å². The van der Waals surface area contributed by atoms with Gasteiger partial charge in [0.15, 0.2) is 5.65 Å². The Morgan fingerprint density at radius 1 is 1.17 bits per heavy atom. The molecule has 0 bridgehead atoms. The molecule has 0 atom stereocenters.